The van der Waals surface area contributed by atoms with Gasteiger partial charge in [0.2, 0.25) is 0 Å². The lowest BCUT2D eigenvalue weighted by Gasteiger charge is -2.55. The van der Waals surface area contributed by atoms with E-state index >= 15 is 0 Å². The first-order chi connectivity index (χ1) is 15.8. The van der Waals surface area contributed by atoms with Crippen molar-refractivity contribution in [3.05, 3.63) is 52.6 Å². The number of carbonyl (C=O) groups excluding carboxylic acids is 1. The largest absolute Gasteiger partial charge is 0.378 e. The molecule has 0 amide bonds. The van der Waals surface area contributed by atoms with Gasteiger partial charge >= 0.3 is 0 Å². The molecule has 0 heterocycles. The second kappa shape index (κ2) is 8.17. The lowest BCUT2D eigenvalue weighted by atomic mass is 9.50. The third-order valence-electron chi connectivity index (χ3n) is 9.37. The molecule has 1 aromatic carbocycles. The van der Waals surface area contributed by atoms with Crippen molar-refractivity contribution < 1.29 is 9.90 Å². The van der Waals surface area contributed by atoms with Crippen LogP contribution >= 0.6 is 0 Å². The van der Waals surface area contributed by atoms with E-state index < -0.39 is 5.60 Å². The first-order valence-corrected chi connectivity index (χ1v) is 12.7. The molecule has 1 aromatic rings. The summed E-state index contributed by atoms with van der Waals surface area (Å²) in [6.07, 6.45) is 9.26. The van der Waals surface area contributed by atoms with E-state index in [-0.39, 0.29) is 17.1 Å². The van der Waals surface area contributed by atoms with Crippen molar-refractivity contribution in [2.24, 2.45) is 17.3 Å². The molecule has 0 saturated heterocycles. The number of hydrogen-bond donors (Lipinski definition) is 1. The molecule has 0 radical (unpaired) electrons. The maximum Gasteiger partial charge on any atom is 0.156 e. The molecule has 3 nitrogen and oxygen atoms in total. The van der Waals surface area contributed by atoms with Crippen molar-refractivity contribution in [1.82, 2.24) is 0 Å². The van der Waals surface area contributed by atoms with Gasteiger partial charge in [0.05, 0.1) is 0 Å². The maximum atomic E-state index is 12.2. The molecule has 5 rings (SSSR count). The van der Waals surface area contributed by atoms with Gasteiger partial charge in [-0.25, -0.2) is 0 Å². The molecule has 1 N–H and O–H groups in total. The molecule has 0 spiro atoms. The summed E-state index contributed by atoms with van der Waals surface area (Å²) in [5.41, 5.74) is 5.80. The quantitative estimate of drug-likeness (QED) is 0.601. The fourth-order valence-electron chi connectivity index (χ4n) is 7.86. The molecule has 2 saturated carbocycles. The number of ketones is 1. The predicted octanol–water partition coefficient (Wildman–Crippen LogP) is 5.80. The van der Waals surface area contributed by atoms with Crippen LogP contribution in [0.5, 0.6) is 0 Å². The lowest BCUT2D eigenvalue weighted by Crippen LogP contribution is -2.52. The van der Waals surface area contributed by atoms with Crippen LogP contribution in [0.2, 0.25) is 0 Å². The zero-order chi connectivity index (χ0) is 23.4. The van der Waals surface area contributed by atoms with Crippen molar-refractivity contribution in [3.8, 4) is 11.8 Å². The standard InChI is InChI=1S/C30H37NO2/c1-5-16-30(33)17-15-27-25-13-9-21-18-23(32)12-14-24(21)28(25)26(19-29(27,30)6-2)20-7-10-22(11-8-20)31(3)4/h7-8,10-11,18,25-27,33H,6,9,12-15,17,19H2,1-4H3/t25-,26+,27-,29-,30-/m0/s1. The van der Waals surface area contributed by atoms with Crippen LogP contribution in [0.3, 0.4) is 0 Å². The third-order valence-corrected chi connectivity index (χ3v) is 9.37. The van der Waals surface area contributed by atoms with Gasteiger partial charge in [0.1, 0.15) is 5.60 Å². The van der Waals surface area contributed by atoms with Gasteiger partial charge in [-0.05, 0) is 98.6 Å². The van der Waals surface area contributed by atoms with Gasteiger partial charge in [-0.3, -0.25) is 4.79 Å². The van der Waals surface area contributed by atoms with Crippen LogP contribution in [0, 0.1) is 29.1 Å². The average molecular weight is 444 g/mol. The Morgan fingerprint density at radius 1 is 1.12 bits per heavy atom. The van der Waals surface area contributed by atoms with E-state index in [9.17, 15) is 9.90 Å². The van der Waals surface area contributed by atoms with Crippen molar-refractivity contribution in [2.45, 2.75) is 76.7 Å². The number of allylic oxidation sites excluding steroid dienone is 4. The molecule has 33 heavy (non-hydrogen) atoms. The Labute approximate surface area is 199 Å². The molecule has 3 heteroatoms. The summed E-state index contributed by atoms with van der Waals surface area (Å²) < 4.78 is 0. The van der Waals surface area contributed by atoms with E-state index in [1.54, 1.807) is 5.57 Å². The minimum Gasteiger partial charge on any atom is -0.378 e. The van der Waals surface area contributed by atoms with Crippen LogP contribution in [-0.4, -0.2) is 30.6 Å². The van der Waals surface area contributed by atoms with Gasteiger partial charge in [-0.2, -0.15) is 0 Å². The highest BCUT2D eigenvalue weighted by molar-refractivity contribution is 5.93. The predicted molar refractivity (Wildman–Crippen MR) is 134 cm³/mol. The summed E-state index contributed by atoms with van der Waals surface area (Å²) in [7, 11) is 4.15. The summed E-state index contributed by atoms with van der Waals surface area (Å²) >= 11 is 0. The number of anilines is 1. The monoisotopic (exact) mass is 443 g/mol. The molecule has 2 fully saturated rings. The Kier molecular flexibility index (Phi) is 5.57. The summed E-state index contributed by atoms with van der Waals surface area (Å²) in [5.74, 6) is 7.87. The topological polar surface area (TPSA) is 40.5 Å². The van der Waals surface area contributed by atoms with Crippen LogP contribution in [0.1, 0.15) is 76.7 Å². The number of hydrogen-bond acceptors (Lipinski definition) is 3. The number of fused-ring (bicyclic) bond motifs is 4. The second-order valence-electron chi connectivity index (χ2n) is 10.8. The van der Waals surface area contributed by atoms with Crippen LogP contribution in [-0.2, 0) is 4.79 Å². The van der Waals surface area contributed by atoms with Crippen molar-refractivity contribution in [1.29, 1.82) is 0 Å². The summed E-state index contributed by atoms with van der Waals surface area (Å²) in [5, 5.41) is 11.9. The molecule has 0 aromatic heterocycles. The van der Waals surface area contributed by atoms with Crippen molar-refractivity contribution in [2.75, 3.05) is 19.0 Å². The van der Waals surface area contributed by atoms with E-state index in [0.717, 1.165) is 44.9 Å². The third kappa shape index (κ3) is 3.33. The smallest absolute Gasteiger partial charge is 0.156 e. The first-order valence-electron chi connectivity index (χ1n) is 12.7. The van der Waals surface area contributed by atoms with Gasteiger partial charge in [-0.15, -0.1) is 5.92 Å². The fraction of sp³-hybridized carbons (Fsp3) is 0.567. The van der Waals surface area contributed by atoms with E-state index in [0.29, 0.717) is 18.3 Å². The Hall–Kier alpha value is -2.31. The zero-order valence-corrected chi connectivity index (χ0v) is 20.6. The van der Waals surface area contributed by atoms with Crippen molar-refractivity contribution in [3.63, 3.8) is 0 Å². The highest BCUT2D eigenvalue weighted by Crippen LogP contribution is 2.68. The molecule has 4 aliphatic rings. The van der Waals surface area contributed by atoms with Crippen LogP contribution < -0.4 is 4.90 Å². The number of rotatable bonds is 3. The minimum atomic E-state index is -0.905. The first kappa shape index (κ1) is 22.5. The van der Waals surface area contributed by atoms with Crippen molar-refractivity contribution >= 4 is 11.5 Å². The Bertz CT molecular complexity index is 1080. The van der Waals surface area contributed by atoms with Gasteiger partial charge in [-0.1, -0.05) is 30.6 Å². The summed E-state index contributed by atoms with van der Waals surface area (Å²) in [4.78, 5) is 14.4. The van der Waals surface area contributed by atoms with Gasteiger partial charge in [0.25, 0.3) is 0 Å². The average Bonchev–Trinajstić information content (AvgIpc) is 3.10. The van der Waals surface area contributed by atoms with Gasteiger partial charge in [0, 0.05) is 37.5 Å². The second-order valence-corrected chi connectivity index (χ2v) is 10.8. The number of benzene rings is 1. The number of carbonyl (C=O) groups is 1. The molecule has 0 unspecified atom stereocenters. The Morgan fingerprint density at radius 2 is 1.88 bits per heavy atom. The lowest BCUT2D eigenvalue weighted by molar-refractivity contribution is -0.114. The fourth-order valence-corrected chi connectivity index (χ4v) is 7.86. The number of nitrogens with zero attached hydrogens (tertiary/aromatic N) is 1. The molecule has 174 valence electrons. The van der Waals surface area contributed by atoms with Gasteiger partial charge < -0.3 is 10.0 Å². The van der Waals surface area contributed by atoms with E-state index in [1.165, 1.54) is 22.4 Å². The van der Waals surface area contributed by atoms with E-state index in [4.69, 9.17) is 0 Å². The SMILES string of the molecule is CC#C[C@]1(O)CC[C@H]2[C@@H]3CCC4=CC(=O)CCC4=C3[C@@H](c3ccc(N(C)C)cc3)C[C@@]21CC. The maximum absolute atomic E-state index is 12.2. The normalized spacial score (nSPS) is 35.1. The Morgan fingerprint density at radius 3 is 2.55 bits per heavy atom. The molecule has 0 aliphatic heterocycles. The van der Waals surface area contributed by atoms with Crippen LogP contribution in [0.15, 0.2) is 47.1 Å². The molecule has 4 aliphatic carbocycles. The highest BCUT2D eigenvalue weighted by atomic mass is 16.3. The summed E-state index contributed by atoms with van der Waals surface area (Å²) in [6, 6.07) is 9.02. The van der Waals surface area contributed by atoms with Crippen LogP contribution in [0.4, 0.5) is 5.69 Å². The molecule has 0 bridgehead atoms. The molecular formula is C30H37NO2. The Balaban J connectivity index is 1.69. The van der Waals surface area contributed by atoms with E-state index in [2.05, 4.69) is 62.0 Å². The molecular weight excluding hydrogens is 406 g/mol. The highest BCUT2D eigenvalue weighted by Gasteiger charge is 2.64. The summed E-state index contributed by atoms with van der Waals surface area (Å²) in [6.45, 7) is 4.12. The van der Waals surface area contributed by atoms with Gasteiger partial charge in [0.15, 0.2) is 5.78 Å². The van der Waals surface area contributed by atoms with Crippen LogP contribution in [0.25, 0.3) is 0 Å². The molecule has 5 atom stereocenters. The van der Waals surface area contributed by atoms with E-state index in [1.807, 2.05) is 13.0 Å². The minimum absolute atomic E-state index is 0.179. The number of aliphatic hydroxyl groups is 1. The zero-order valence-electron chi connectivity index (χ0n) is 20.6.